The van der Waals surface area contributed by atoms with Gasteiger partial charge in [0.2, 0.25) is 5.91 Å². The van der Waals surface area contributed by atoms with Crippen LogP contribution in [0.2, 0.25) is 0 Å². The Morgan fingerprint density at radius 1 is 1.33 bits per heavy atom. The van der Waals surface area contributed by atoms with Crippen LogP contribution in [0, 0.1) is 5.92 Å². The number of hydrogen-bond acceptors (Lipinski definition) is 5. The van der Waals surface area contributed by atoms with Crippen LogP contribution in [0.25, 0.3) is 0 Å². The van der Waals surface area contributed by atoms with E-state index >= 15 is 0 Å². The SMILES string of the molecule is COC(=O)C(CC(C)C)NC(=O)CNC1Cc2cccc(O)c2C1. The first-order valence-electron chi connectivity index (χ1n) is 8.31. The predicted molar refractivity (Wildman–Crippen MR) is 90.7 cm³/mol. The minimum atomic E-state index is -0.617. The number of ether oxygens (including phenoxy) is 1. The number of phenolic OH excluding ortho intramolecular Hbond substituents is 1. The highest BCUT2D eigenvalue weighted by Crippen LogP contribution is 2.29. The highest BCUT2D eigenvalue weighted by molar-refractivity contribution is 5.85. The van der Waals surface area contributed by atoms with Gasteiger partial charge in [-0.25, -0.2) is 4.79 Å². The summed E-state index contributed by atoms with van der Waals surface area (Å²) in [5.74, 6) is -0.0694. The van der Waals surface area contributed by atoms with Crippen LogP contribution in [-0.4, -0.2) is 42.7 Å². The van der Waals surface area contributed by atoms with Gasteiger partial charge in [-0.15, -0.1) is 0 Å². The standard InChI is InChI=1S/C18H26N2O4/c1-11(2)7-15(18(23)24-3)20-17(22)10-19-13-8-12-5-4-6-16(21)14(12)9-13/h4-6,11,13,15,19,21H,7-10H2,1-3H3,(H,20,22). The van der Waals surface area contributed by atoms with E-state index in [1.54, 1.807) is 6.07 Å². The van der Waals surface area contributed by atoms with Crippen molar-refractivity contribution < 1.29 is 19.4 Å². The first kappa shape index (κ1) is 18.3. The van der Waals surface area contributed by atoms with Crippen LogP contribution in [-0.2, 0) is 27.2 Å². The molecule has 1 aromatic rings. The van der Waals surface area contributed by atoms with Crippen LogP contribution in [0.1, 0.15) is 31.4 Å². The third-order valence-electron chi connectivity index (χ3n) is 4.24. The van der Waals surface area contributed by atoms with E-state index in [4.69, 9.17) is 4.74 Å². The van der Waals surface area contributed by atoms with Gasteiger partial charge in [0, 0.05) is 6.04 Å². The molecular weight excluding hydrogens is 308 g/mol. The second kappa shape index (κ2) is 8.15. The lowest BCUT2D eigenvalue weighted by Crippen LogP contribution is -2.47. The molecule has 0 saturated carbocycles. The maximum absolute atomic E-state index is 12.1. The molecule has 0 saturated heterocycles. The van der Waals surface area contributed by atoms with Gasteiger partial charge in [0.25, 0.3) is 0 Å². The first-order chi connectivity index (χ1) is 11.4. The lowest BCUT2D eigenvalue weighted by atomic mass is 10.0. The van der Waals surface area contributed by atoms with Crippen LogP contribution in [0.5, 0.6) is 5.75 Å². The lowest BCUT2D eigenvalue weighted by molar-refractivity contribution is -0.145. The fourth-order valence-electron chi connectivity index (χ4n) is 3.09. The van der Waals surface area contributed by atoms with Crippen molar-refractivity contribution in [2.45, 2.75) is 45.2 Å². The number of amides is 1. The van der Waals surface area contributed by atoms with Gasteiger partial charge in [0.1, 0.15) is 11.8 Å². The van der Waals surface area contributed by atoms with Crippen molar-refractivity contribution >= 4 is 11.9 Å². The molecule has 0 heterocycles. The number of aromatic hydroxyl groups is 1. The van der Waals surface area contributed by atoms with E-state index in [9.17, 15) is 14.7 Å². The Balaban J connectivity index is 1.83. The van der Waals surface area contributed by atoms with Crippen LogP contribution in [0.15, 0.2) is 18.2 Å². The maximum Gasteiger partial charge on any atom is 0.328 e. The van der Waals surface area contributed by atoms with E-state index in [1.165, 1.54) is 7.11 Å². The third kappa shape index (κ3) is 4.71. The molecule has 6 heteroatoms. The minimum absolute atomic E-state index is 0.112. The molecule has 0 bridgehead atoms. The summed E-state index contributed by atoms with van der Waals surface area (Å²) in [4.78, 5) is 23.9. The molecule has 24 heavy (non-hydrogen) atoms. The number of phenols is 1. The smallest absolute Gasteiger partial charge is 0.328 e. The highest BCUT2D eigenvalue weighted by atomic mass is 16.5. The Kier molecular flexibility index (Phi) is 6.20. The zero-order valence-electron chi connectivity index (χ0n) is 14.5. The Hall–Kier alpha value is -2.08. The van der Waals surface area contributed by atoms with Crippen molar-refractivity contribution in [3.05, 3.63) is 29.3 Å². The molecule has 1 aliphatic rings. The van der Waals surface area contributed by atoms with Gasteiger partial charge >= 0.3 is 5.97 Å². The number of nitrogens with one attached hydrogen (secondary N) is 2. The summed E-state index contributed by atoms with van der Waals surface area (Å²) >= 11 is 0. The Morgan fingerprint density at radius 3 is 2.71 bits per heavy atom. The predicted octanol–water partition coefficient (Wildman–Crippen LogP) is 1.15. The average Bonchev–Trinajstić information content (AvgIpc) is 2.95. The van der Waals surface area contributed by atoms with Gasteiger partial charge in [-0.2, -0.15) is 0 Å². The molecule has 0 aromatic heterocycles. The number of carbonyl (C=O) groups excluding carboxylic acids is 2. The van der Waals surface area contributed by atoms with E-state index in [0.29, 0.717) is 18.6 Å². The lowest BCUT2D eigenvalue weighted by Gasteiger charge is -2.19. The molecule has 1 aliphatic carbocycles. The number of benzene rings is 1. The first-order valence-corrected chi connectivity index (χ1v) is 8.31. The van der Waals surface area contributed by atoms with Crippen molar-refractivity contribution in [1.82, 2.24) is 10.6 Å². The highest BCUT2D eigenvalue weighted by Gasteiger charge is 2.25. The molecule has 3 N–H and O–H groups in total. The molecule has 0 fully saturated rings. The Labute approximate surface area is 142 Å². The summed E-state index contributed by atoms with van der Waals surface area (Å²) in [6.45, 7) is 4.11. The molecule has 1 amide bonds. The largest absolute Gasteiger partial charge is 0.508 e. The molecule has 2 atom stereocenters. The number of fused-ring (bicyclic) bond motifs is 1. The topological polar surface area (TPSA) is 87.7 Å². The zero-order valence-corrected chi connectivity index (χ0v) is 14.5. The van der Waals surface area contributed by atoms with Crippen molar-refractivity contribution in [2.24, 2.45) is 5.92 Å². The monoisotopic (exact) mass is 334 g/mol. The summed E-state index contributed by atoms with van der Waals surface area (Å²) in [6, 6.07) is 5.00. The number of esters is 1. The van der Waals surface area contributed by atoms with E-state index in [-0.39, 0.29) is 24.4 Å². The molecule has 1 aromatic carbocycles. The van der Waals surface area contributed by atoms with Gasteiger partial charge in [-0.05, 0) is 42.4 Å². The zero-order chi connectivity index (χ0) is 17.7. The molecule has 6 nitrogen and oxygen atoms in total. The second-order valence-corrected chi connectivity index (χ2v) is 6.67. The molecule has 0 spiro atoms. The van der Waals surface area contributed by atoms with Crippen LogP contribution >= 0.6 is 0 Å². The summed E-state index contributed by atoms with van der Waals surface area (Å²) in [5, 5.41) is 15.8. The molecule has 2 unspecified atom stereocenters. The van der Waals surface area contributed by atoms with Gasteiger partial charge < -0.3 is 20.5 Å². The Bertz CT molecular complexity index is 601. The summed E-state index contributed by atoms with van der Waals surface area (Å²) in [7, 11) is 1.32. The van der Waals surface area contributed by atoms with Crippen LogP contribution in [0.3, 0.4) is 0 Å². The van der Waals surface area contributed by atoms with E-state index in [2.05, 4.69) is 10.6 Å². The number of methoxy groups -OCH3 is 1. The average molecular weight is 334 g/mol. The van der Waals surface area contributed by atoms with Crippen molar-refractivity contribution in [1.29, 1.82) is 0 Å². The fraction of sp³-hybridized carbons (Fsp3) is 0.556. The molecular formula is C18H26N2O4. The van der Waals surface area contributed by atoms with Gasteiger partial charge in [-0.1, -0.05) is 26.0 Å². The van der Waals surface area contributed by atoms with Crippen molar-refractivity contribution in [2.75, 3.05) is 13.7 Å². The summed E-state index contributed by atoms with van der Waals surface area (Å²) in [6.07, 6.45) is 2.02. The van der Waals surface area contributed by atoms with Crippen LogP contribution in [0.4, 0.5) is 0 Å². The van der Waals surface area contributed by atoms with Crippen molar-refractivity contribution in [3.63, 3.8) is 0 Å². The second-order valence-electron chi connectivity index (χ2n) is 6.67. The normalized spacial score (nSPS) is 17.4. The summed E-state index contributed by atoms with van der Waals surface area (Å²) < 4.78 is 4.75. The van der Waals surface area contributed by atoms with E-state index in [1.807, 2.05) is 26.0 Å². The van der Waals surface area contributed by atoms with Crippen LogP contribution < -0.4 is 10.6 Å². The molecule has 0 aliphatic heterocycles. The van der Waals surface area contributed by atoms with E-state index in [0.717, 1.165) is 17.5 Å². The molecule has 2 rings (SSSR count). The number of hydrogen-bond donors (Lipinski definition) is 3. The molecule has 132 valence electrons. The quantitative estimate of drug-likeness (QED) is 0.651. The third-order valence-corrected chi connectivity index (χ3v) is 4.24. The van der Waals surface area contributed by atoms with Gasteiger partial charge in [-0.3, -0.25) is 4.79 Å². The fourth-order valence-corrected chi connectivity index (χ4v) is 3.09. The number of rotatable bonds is 7. The summed E-state index contributed by atoms with van der Waals surface area (Å²) in [5.41, 5.74) is 2.06. The maximum atomic E-state index is 12.1. The van der Waals surface area contributed by atoms with Gasteiger partial charge in [0.15, 0.2) is 0 Å². The minimum Gasteiger partial charge on any atom is -0.508 e. The van der Waals surface area contributed by atoms with Gasteiger partial charge in [0.05, 0.1) is 13.7 Å². The van der Waals surface area contributed by atoms with E-state index < -0.39 is 12.0 Å². The molecule has 0 radical (unpaired) electrons. The Morgan fingerprint density at radius 2 is 2.08 bits per heavy atom. The van der Waals surface area contributed by atoms with Crippen molar-refractivity contribution in [3.8, 4) is 5.75 Å². The number of carbonyl (C=O) groups is 2.